The lowest BCUT2D eigenvalue weighted by Crippen LogP contribution is -2.04. The molecule has 0 amide bonds. The summed E-state index contributed by atoms with van der Waals surface area (Å²) in [5.41, 5.74) is -0.000451. The van der Waals surface area contributed by atoms with E-state index in [4.69, 9.17) is 9.52 Å². The number of hydrogen-bond donors (Lipinski definition) is 2. The first-order chi connectivity index (χ1) is 10.0. The van der Waals surface area contributed by atoms with Crippen molar-refractivity contribution >= 4 is 17.6 Å². The molecule has 1 aromatic carbocycles. The summed E-state index contributed by atoms with van der Waals surface area (Å²) in [7, 11) is 1.24. The number of anilines is 1. The Bertz CT molecular complexity index is 680. The quantitative estimate of drug-likeness (QED) is 0.823. The fourth-order valence-corrected chi connectivity index (χ4v) is 1.67. The Morgan fingerprint density at radius 1 is 1.33 bits per heavy atom. The molecule has 7 heteroatoms. The highest BCUT2D eigenvalue weighted by atomic mass is 19.1. The van der Waals surface area contributed by atoms with Crippen molar-refractivity contribution in [2.75, 3.05) is 12.4 Å². The molecule has 2 N–H and O–H groups in total. The van der Waals surface area contributed by atoms with Gasteiger partial charge in [-0.15, -0.1) is 0 Å². The van der Waals surface area contributed by atoms with Crippen LogP contribution in [0.2, 0.25) is 0 Å². The Hall–Kier alpha value is -2.83. The van der Waals surface area contributed by atoms with Crippen LogP contribution in [0.4, 0.5) is 10.1 Å². The molecular formula is C14H12FNO5. The van der Waals surface area contributed by atoms with Gasteiger partial charge in [0.1, 0.15) is 11.6 Å². The smallest absolute Gasteiger partial charge is 0.373 e. The highest BCUT2D eigenvalue weighted by molar-refractivity contribution is 5.89. The molecule has 0 aliphatic rings. The second-order valence-electron chi connectivity index (χ2n) is 4.11. The number of benzene rings is 1. The van der Waals surface area contributed by atoms with Crippen LogP contribution in [0.5, 0.6) is 0 Å². The van der Waals surface area contributed by atoms with Gasteiger partial charge >= 0.3 is 11.9 Å². The number of hydrogen-bond acceptors (Lipinski definition) is 5. The number of carboxylic acids is 1. The van der Waals surface area contributed by atoms with E-state index in [2.05, 4.69) is 10.1 Å². The molecule has 0 radical (unpaired) electrons. The van der Waals surface area contributed by atoms with Crippen LogP contribution in [0.25, 0.3) is 0 Å². The van der Waals surface area contributed by atoms with Crippen molar-refractivity contribution in [2.24, 2.45) is 0 Å². The Labute approximate surface area is 119 Å². The summed E-state index contributed by atoms with van der Waals surface area (Å²) in [6.45, 7) is 0.210. The van der Waals surface area contributed by atoms with E-state index in [-0.39, 0.29) is 12.3 Å². The van der Waals surface area contributed by atoms with Gasteiger partial charge in [-0.3, -0.25) is 0 Å². The number of carboxylic acid groups (broad SMARTS) is 1. The molecule has 2 rings (SSSR count). The molecule has 110 valence electrons. The fraction of sp³-hybridized carbons (Fsp3) is 0.143. The number of carbonyl (C=O) groups is 2. The first-order valence-corrected chi connectivity index (χ1v) is 5.95. The van der Waals surface area contributed by atoms with Crippen molar-refractivity contribution < 1.29 is 28.2 Å². The third-order valence-electron chi connectivity index (χ3n) is 2.71. The molecule has 0 saturated heterocycles. The molecule has 0 saturated carbocycles. The Kier molecular flexibility index (Phi) is 4.22. The Morgan fingerprint density at radius 3 is 2.76 bits per heavy atom. The maximum Gasteiger partial charge on any atom is 0.373 e. The van der Waals surface area contributed by atoms with E-state index in [0.717, 1.165) is 6.07 Å². The van der Waals surface area contributed by atoms with E-state index in [1.54, 1.807) is 6.07 Å². The second kappa shape index (κ2) is 6.08. The van der Waals surface area contributed by atoms with Crippen LogP contribution < -0.4 is 5.32 Å². The summed E-state index contributed by atoms with van der Waals surface area (Å²) in [5.74, 6) is -2.21. The van der Waals surface area contributed by atoms with E-state index in [9.17, 15) is 14.0 Å². The van der Waals surface area contributed by atoms with Crippen LogP contribution in [0, 0.1) is 5.82 Å². The third kappa shape index (κ3) is 3.38. The van der Waals surface area contributed by atoms with Crippen molar-refractivity contribution in [3.8, 4) is 0 Å². The van der Waals surface area contributed by atoms with E-state index in [1.165, 1.54) is 25.3 Å². The standard InChI is InChI=1S/C14H12FNO5/c1-20-14(19)12-5-3-9(21-12)7-16-8-2-4-11(15)10(6-8)13(17)18/h2-6,16H,7H2,1H3,(H,17,18). The van der Waals surface area contributed by atoms with Crippen LogP contribution in [0.3, 0.4) is 0 Å². The number of aromatic carboxylic acids is 1. The van der Waals surface area contributed by atoms with Gasteiger partial charge in [0.25, 0.3) is 0 Å². The van der Waals surface area contributed by atoms with Gasteiger partial charge in [-0.1, -0.05) is 0 Å². The minimum atomic E-state index is -1.35. The number of furan rings is 1. The van der Waals surface area contributed by atoms with Gasteiger partial charge in [-0.25, -0.2) is 14.0 Å². The van der Waals surface area contributed by atoms with Crippen LogP contribution in [-0.2, 0) is 11.3 Å². The summed E-state index contributed by atoms with van der Waals surface area (Å²) in [6.07, 6.45) is 0. The maximum atomic E-state index is 13.2. The van der Waals surface area contributed by atoms with Gasteiger partial charge < -0.3 is 19.6 Å². The first kappa shape index (κ1) is 14.6. The average molecular weight is 293 g/mol. The topological polar surface area (TPSA) is 88.8 Å². The van der Waals surface area contributed by atoms with Crippen LogP contribution in [-0.4, -0.2) is 24.2 Å². The van der Waals surface area contributed by atoms with E-state index < -0.39 is 23.3 Å². The van der Waals surface area contributed by atoms with E-state index in [0.29, 0.717) is 11.4 Å². The van der Waals surface area contributed by atoms with Crippen molar-refractivity contribution in [1.82, 2.24) is 0 Å². The van der Waals surface area contributed by atoms with Crippen molar-refractivity contribution in [1.29, 1.82) is 0 Å². The molecule has 0 bridgehead atoms. The maximum absolute atomic E-state index is 13.2. The van der Waals surface area contributed by atoms with Gasteiger partial charge in [0.05, 0.1) is 19.2 Å². The third-order valence-corrected chi connectivity index (χ3v) is 2.71. The van der Waals surface area contributed by atoms with Crippen LogP contribution in [0.1, 0.15) is 26.7 Å². The predicted molar refractivity (Wildman–Crippen MR) is 70.7 cm³/mol. The Balaban J connectivity index is 2.06. The van der Waals surface area contributed by atoms with E-state index in [1.807, 2.05) is 0 Å². The molecule has 0 spiro atoms. The number of carbonyl (C=O) groups excluding carboxylic acids is 1. The molecule has 1 aromatic heterocycles. The van der Waals surface area contributed by atoms with Crippen molar-refractivity contribution in [2.45, 2.75) is 6.54 Å². The molecule has 0 atom stereocenters. The summed E-state index contributed by atoms with van der Waals surface area (Å²) in [4.78, 5) is 22.0. The molecule has 6 nitrogen and oxygen atoms in total. The zero-order chi connectivity index (χ0) is 15.4. The molecule has 2 aromatic rings. The molecule has 0 fully saturated rings. The number of rotatable bonds is 5. The molecule has 0 aliphatic heterocycles. The average Bonchev–Trinajstić information content (AvgIpc) is 2.94. The number of halogens is 1. The molecule has 0 aliphatic carbocycles. The fourth-order valence-electron chi connectivity index (χ4n) is 1.67. The highest BCUT2D eigenvalue weighted by Gasteiger charge is 2.12. The SMILES string of the molecule is COC(=O)c1ccc(CNc2ccc(F)c(C(=O)O)c2)o1. The monoisotopic (exact) mass is 293 g/mol. The van der Waals surface area contributed by atoms with Gasteiger partial charge in [0, 0.05) is 5.69 Å². The lowest BCUT2D eigenvalue weighted by molar-refractivity contribution is 0.0562. The highest BCUT2D eigenvalue weighted by Crippen LogP contribution is 2.17. The normalized spacial score (nSPS) is 10.2. The zero-order valence-electron chi connectivity index (χ0n) is 11.1. The van der Waals surface area contributed by atoms with Crippen LogP contribution >= 0.6 is 0 Å². The molecule has 0 unspecified atom stereocenters. The lowest BCUT2D eigenvalue weighted by atomic mass is 10.2. The van der Waals surface area contributed by atoms with E-state index >= 15 is 0 Å². The summed E-state index contributed by atoms with van der Waals surface area (Å²) < 4.78 is 23.0. The first-order valence-electron chi connectivity index (χ1n) is 5.95. The zero-order valence-corrected chi connectivity index (χ0v) is 11.1. The number of ether oxygens (including phenoxy) is 1. The lowest BCUT2D eigenvalue weighted by Gasteiger charge is -2.06. The number of nitrogens with one attached hydrogen (secondary N) is 1. The number of esters is 1. The molecule has 21 heavy (non-hydrogen) atoms. The van der Waals surface area contributed by atoms with Crippen LogP contribution in [0.15, 0.2) is 34.7 Å². The van der Waals surface area contributed by atoms with Gasteiger partial charge in [-0.05, 0) is 30.3 Å². The number of methoxy groups -OCH3 is 1. The van der Waals surface area contributed by atoms with Crippen molar-refractivity contribution in [3.63, 3.8) is 0 Å². The predicted octanol–water partition coefficient (Wildman–Crippen LogP) is 2.52. The summed E-state index contributed by atoms with van der Waals surface area (Å²) in [6, 6.07) is 6.71. The minimum absolute atomic E-state index is 0.0691. The Morgan fingerprint density at radius 2 is 2.10 bits per heavy atom. The van der Waals surface area contributed by atoms with Gasteiger partial charge in [-0.2, -0.15) is 0 Å². The summed E-state index contributed by atoms with van der Waals surface area (Å²) in [5, 5.41) is 11.7. The largest absolute Gasteiger partial charge is 0.478 e. The van der Waals surface area contributed by atoms with Gasteiger partial charge in [0.15, 0.2) is 0 Å². The molecule has 1 heterocycles. The van der Waals surface area contributed by atoms with Gasteiger partial charge in [0.2, 0.25) is 5.76 Å². The summed E-state index contributed by atoms with van der Waals surface area (Å²) >= 11 is 0. The second-order valence-corrected chi connectivity index (χ2v) is 4.11. The van der Waals surface area contributed by atoms with Crippen molar-refractivity contribution in [3.05, 3.63) is 53.2 Å². The molecular weight excluding hydrogens is 281 g/mol. The minimum Gasteiger partial charge on any atom is -0.478 e.